The Balaban J connectivity index is 1.69. The molecule has 1 aromatic heterocycles. The van der Waals surface area contributed by atoms with E-state index in [4.69, 9.17) is 4.74 Å². The molecule has 1 aliphatic heterocycles. The van der Waals surface area contributed by atoms with Crippen molar-refractivity contribution < 1.29 is 18.7 Å². The van der Waals surface area contributed by atoms with Gasteiger partial charge in [0.15, 0.2) is 0 Å². The second-order valence-electron chi connectivity index (χ2n) is 7.80. The number of nitrogens with zero attached hydrogens (tertiary/aromatic N) is 4. The maximum absolute atomic E-state index is 13.6. The number of hydrogen-bond donors (Lipinski definition) is 1. The molecule has 2 amide bonds. The number of carbonyl (C=O) groups is 2. The van der Waals surface area contributed by atoms with Gasteiger partial charge in [0.05, 0.1) is 24.5 Å². The van der Waals surface area contributed by atoms with Crippen LogP contribution < -0.4 is 5.32 Å². The molecular formula is C21H28FN5O3. The number of hydrogen-bond acceptors (Lipinski definition) is 5. The fourth-order valence-corrected chi connectivity index (χ4v) is 3.60. The third-order valence-corrected chi connectivity index (χ3v) is 5.11. The highest BCUT2D eigenvalue weighted by atomic mass is 19.1. The van der Waals surface area contributed by atoms with E-state index in [1.807, 2.05) is 16.9 Å². The molecule has 1 N–H and O–H groups in total. The maximum atomic E-state index is 13.6. The lowest BCUT2D eigenvalue weighted by atomic mass is 10.1. The first-order chi connectivity index (χ1) is 14.3. The minimum Gasteiger partial charge on any atom is -0.370 e. The Morgan fingerprint density at radius 3 is 2.87 bits per heavy atom. The van der Waals surface area contributed by atoms with Crippen LogP contribution in [-0.2, 0) is 20.9 Å². The van der Waals surface area contributed by atoms with Gasteiger partial charge in [-0.25, -0.2) is 4.39 Å². The summed E-state index contributed by atoms with van der Waals surface area (Å²) in [6, 6.07) is 6.70. The predicted octanol–water partition coefficient (Wildman–Crippen LogP) is 1.90. The minimum absolute atomic E-state index is 0.0242. The number of likely N-dealkylation sites (tertiary alicyclic amines) is 1. The summed E-state index contributed by atoms with van der Waals surface area (Å²) in [5.41, 5.74) is 1.53. The molecule has 2 heterocycles. The van der Waals surface area contributed by atoms with Gasteiger partial charge in [0, 0.05) is 46.3 Å². The highest BCUT2D eigenvalue weighted by Crippen LogP contribution is 2.29. The molecule has 2 atom stereocenters. The van der Waals surface area contributed by atoms with E-state index >= 15 is 0 Å². The van der Waals surface area contributed by atoms with E-state index in [0.717, 1.165) is 12.0 Å². The topological polar surface area (TPSA) is 79.7 Å². The minimum atomic E-state index is -0.264. The molecule has 1 aliphatic rings. The van der Waals surface area contributed by atoms with Crippen LogP contribution in [0.4, 0.5) is 10.1 Å². The summed E-state index contributed by atoms with van der Waals surface area (Å²) in [6.45, 7) is 3.15. The molecule has 2 aromatic rings. The number of aromatic nitrogens is 2. The number of halogens is 1. The van der Waals surface area contributed by atoms with Crippen LogP contribution in [0.25, 0.3) is 0 Å². The van der Waals surface area contributed by atoms with Crippen molar-refractivity contribution in [2.75, 3.05) is 39.2 Å². The van der Waals surface area contributed by atoms with Gasteiger partial charge in [0.2, 0.25) is 11.8 Å². The molecular weight excluding hydrogens is 389 g/mol. The van der Waals surface area contributed by atoms with Crippen LogP contribution in [0.1, 0.15) is 24.9 Å². The first-order valence-electron chi connectivity index (χ1n) is 9.90. The summed E-state index contributed by atoms with van der Waals surface area (Å²) in [6.07, 6.45) is 4.20. The molecule has 0 saturated carbocycles. The number of likely N-dealkylation sites (N-methyl/N-ethyl adjacent to an activating group) is 1. The Kier molecular flexibility index (Phi) is 7.17. The van der Waals surface area contributed by atoms with Crippen molar-refractivity contribution in [1.82, 2.24) is 19.6 Å². The first-order valence-corrected chi connectivity index (χ1v) is 9.90. The summed E-state index contributed by atoms with van der Waals surface area (Å²) in [5, 5.41) is 7.12. The first kappa shape index (κ1) is 21.9. The highest BCUT2D eigenvalue weighted by molar-refractivity contribution is 5.88. The SMILES string of the molecule is CC(=O)Nc1cnn([C@H]2C[C@@H](COCC(=O)N(C)C)N(Cc3cccc(F)c3)C2)c1. The average Bonchev–Trinajstić information content (AvgIpc) is 3.28. The largest absolute Gasteiger partial charge is 0.370 e. The van der Waals surface area contributed by atoms with Gasteiger partial charge in [-0.1, -0.05) is 12.1 Å². The summed E-state index contributed by atoms with van der Waals surface area (Å²) < 4.78 is 21.1. The third kappa shape index (κ3) is 5.87. The van der Waals surface area contributed by atoms with E-state index in [1.165, 1.54) is 24.0 Å². The van der Waals surface area contributed by atoms with Crippen molar-refractivity contribution in [3.8, 4) is 0 Å². The number of anilines is 1. The van der Waals surface area contributed by atoms with Crippen LogP contribution in [0.15, 0.2) is 36.7 Å². The van der Waals surface area contributed by atoms with Gasteiger partial charge < -0.3 is 15.0 Å². The second kappa shape index (κ2) is 9.82. The molecule has 9 heteroatoms. The molecule has 0 unspecified atom stereocenters. The Morgan fingerprint density at radius 2 is 2.17 bits per heavy atom. The van der Waals surface area contributed by atoms with E-state index in [0.29, 0.717) is 25.4 Å². The summed E-state index contributed by atoms with van der Waals surface area (Å²) in [5.74, 6) is -0.501. The smallest absolute Gasteiger partial charge is 0.248 e. The number of ether oxygens (including phenoxy) is 1. The van der Waals surface area contributed by atoms with Gasteiger partial charge in [-0.15, -0.1) is 0 Å². The van der Waals surface area contributed by atoms with Crippen LogP contribution in [0.5, 0.6) is 0 Å². The Bertz CT molecular complexity index is 885. The zero-order valence-electron chi connectivity index (χ0n) is 17.5. The number of benzene rings is 1. The van der Waals surface area contributed by atoms with Gasteiger partial charge in [0.25, 0.3) is 0 Å². The molecule has 0 aliphatic carbocycles. The lowest BCUT2D eigenvalue weighted by molar-refractivity contribution is -0.134. The van der Waals surface area contributed by atoms with Crippen LogP contribution in [0.2, 0.25) is 0 Å². The molecule has 30 heavy (non-hydrogen) atoms. The normalized spacial score (nSPS) is 19.1. The molecule has 0 bridgehead atoms. The molecule has 1 saturated heterocycles. The monoisotopic (exact) mass is 417 g/mol. The van der Waals surface area contributed by atoms with Crippen molar-refractivity contribution in [3.63, 3.8) is 0 Å². The number of carbonyl (C=O) groups excluding carboxylic acids is 2. The fourth-order valence-electron chi connectivity index (χ4n) is 3.60. The van der Waals surface area contributed by atoms with Gasteiger partial charge >= 0.3 is 0 Å². The zero-order chi connectivity index (χ0) is 21.7. The standard InChI is InChI=1S/C21H28FN5O3/c1-15(28)24-18-9-23-27(11-18)19-8-20(13-30-14-21(29)25(2)3)26(12-19)10-16-5-4-6-17(22)7-16/h4-7,9,11,19-20H,8,10,12-14H2,1-3H3,(H,24,28)/t19-,20-/m0/s1. The highest BCUT2D eigenvalue weighted by Gasteiger charge is 2.34. The van der Waals surface area contributed by atoms with Gasteiger partial charge in [-0.3, -0.25) is 19.2 Å². The van der Waals surface area contributed by atoms with Gasteiger partial charge in [-0.2, -0.15) is 5.10 Å². The summed E-state index contributed by atoms with van der Waals surface area (Å²) in [7, 11) is 3.38. The number of rotatable bonds is 8. The predicted molar refractivity (Wildman–Crippen MR) is 110 cm³/mol. The molecule has 1 aromatic carbocycles. The van der Waals surface area contributed by atoms with E-state index in [9.17, 15) is 14.0 Å². The summed E-state index contributed by atoms with van der Waals surface area (Å²) >= 11 is 0. The fraction of sp³-hybridized carbons (Fsp3) is 0.476. The van der Waals surface area contributed by atoms with E-state index in [-0.39, 0.29) is 36.3 Å². The molecule has 162 valence electrons. The lowest BCUT2D eigenvalue weighted by Crippen LogP contribution is -2.34. The molecule has 3 rings (SSSR count). The Morgan fingerprint density at radius 1 is 1.37 bits per heavy atom. The van der Waals surface area contributed by atoms with E-state index in [1.54, 1.807) is 26.4 Å². The molecule has 0 spiro atoms. The molecule has 8 nitrogen and oxygen atoms in total. The van der Waals surface area contributed by atoms with Crippen molar-refractivity contribution >= 4 is 17.5 Å². The molecule has 0 radical (unpaired) electrons. The average molecular weight is 417 g/mol. The van der Waals surface area contributed by atoms with Crippen molar-refractivity contribution in [2.45, 2.75) is 32.0 Å². The van der Waals surface area contributed by atoms with Crippen LogP contribution >= 0.6 is 0 Å². The Hall–Kier alpha value is -2.78. The number of amides is 2. The van der Waals surface area contributed by atoms with Crippen LogP contribution in [0, 0.1) is 5.82 Å². The quantitative estimate of drug-likeness (QED) is 0.710. The van der Waals surface area contributed by atoms with Gasteiger partial charge in [0.1, 0.15) is 12.4 Å². The van der Waals surface area contributed by atoms with Crippen LogP contribution in [0.3, 0.4) is 0 Å². The van der Waals surface area contributed by atoms with Crippen molar-refractivity contribution in [2.24, 2.45) is 0 Å². The summed E-state index contributed by atoms with van der Waals surface area (Å²) in [4.78, 5) is 26.8. The maximum Gasteiger partial charge on any atom is 0.248 e. The number of nitrogens with one attached hydrogen (secondary N) is 1. The van der Waals surface area contributed by atoms with E-state index < -0.39 is 0 Å². The van der Waals surface area contributed by atoms with Crippen LogP contribution in [-0.4, -0.2) is 71.3 Å². The van der Waals surface area contributed by atoms with Gasteiger partial charge in [-0.05, 0) is 24.1 Å². The zero-order valence-corrected chi connectivity index (χ0v) is 17.5. The third-order valence-electron chi connectivity index (χ3n) is 5.11. The second-order valence-corrected chi connectivity index (χ2v) is 7.80. The van der Waals surface area contributed by atoms with E-state index in [2.05, 4.69) is 15.3 Å². The molecule has 1 fully saturated rings. The lowest BCUT2D eigenvalue weighted by Gasteiger charge is -2.24. The van der Waals surface area contributed by atoms with Crippen molar-refractivity contribution in [1.29, 1.82) is 0 Å². The Labute approximate surface area is 175 Å². The van der Waals surface area contributed by atoms with Crippen molar-refractivity contribution in [3.05, 3.63) is 48.0 Å².